The van der Waals surface area contributed by atoms with Crippen LogP contribution in [0, 0.1) is 0 Å². The zero-order valence-corrected chi connectivity index (χ0v) is 10.5. The molecule has 0 saturated heterocycles. The molecule has 0 aliphatic carbocycles. The predicted molar refractivity (Wildman–Crippen MR) is 67.3 cm³/mol. The maximum Gasteiger partial charge on any atom is 0.261 e. The van der Waals surface area contributed by atoms with Crippen LogP contribution in [-0.4, -0.2) is 36.0 Å². The van der Waals surface area contributed by atoms with Crippen molar-refractivity contribution in [3.8, 4) is 0 Å². The van der Waals surface area contributed by atoms with Crippen LogP contribution in [0.3, 0.4) is 0 Å². The highest BCUT2D eigenvalue weighted by Crippen LogP contribution is 2.25. The molecule has 1 aliphatic heterocycles. The standard InChI is InChI=1S/C13H16N2O3/c1-3-18-8(2)7-15-12(16)10-5-4-9(14)6-11(10)13(15)17/h4-6,8H,3,7,14H2,1-2H3. The lowest BCUT2D eigenvalue weighted by molar-refractivity contribution is 0.0364. The van der Waals surface area contributed by atoms with Crippen molar-refractivity contribution < 1.29 is 14.3 Å². The fraction of sp³-hybridized carbons (Fsp3) is 0.385. The Hall–Kier alpha value is -1.88. The first-order valence-corrected chi connectivity index (χ1v) is 5.92. The SMILES string of the molecule is CCOC(C)CN1C(=O)c2ccc(N)cc2C1=O. The largest absolute Gasteiger partial charge is 0.399 e. The van der Waals surface area contributed by atoms with Crippen LogP contribution in [0.25, 0.3) is 0 Å². The van der Waals surface area contributed by atoms with Crippen LogP contribution in [0.15, 0.2) is 18.2 Å². The normalized spacial score (nSPS) is 16.0. The molecule has 1 aromatic carbocycles. The van der Waals surface area contributed by atoms with E-state index in [-0.39, 0.29) is 24.5 Å². The maximum absolute atomic E-state index is 12.1. The minimum atomic E-state index is -0.297. The molecule has 1 atom stereocenters. The van der Waals surface area contributed by atoms with Gasteiger partial charge in [-0.1, -0.05) is 0 Å². The van der Waals surface area contributed by atoms with Crippen molar-refractivity contribution in [2.24, 2.45) is 0 Å². The van der Waals surface area contributed by atoms with Gasteiger partial charge in [-0.25, -0.2) is 0 Å². The number of hydrogen-bond donors (Lipinski definition) is 1. The number of nitrogens with two attached hydrogens (primary N) is 1. The van der Waals surface area contributed by atoms with Gasteiger partial charge in [0.1, 0.15) is 0 Å². The number of carbonyl (C=O) groups is 2. The van der Waals surface area contributed by atoms with E-state index in [4.69, 9.17) is 10.5 Å². The molecule has 1 unspecified atom stereocenters. The summed E-state index contributed by atoms with van der Waals surface area (Å²) in [6.07, 6.45) is -0.172. The van der Waals surface area contributed by atoms with Gasteiger partial charge in [0, 0.05) is 12.3 Å². The first-order valence-electron chi connectivity index (χ1n) is 5.92. The van der Waals surface area contributed by atoms with Gasteiger partial charge in [0.15, 0.2) is 0 Å². The third-order valence-corrected chi connectivity index (χ3v) is 2.89. The molecule has 1 heterocycles. The number of ether oxygens (including phenoxy) is 1. The Balaban J connectivity index is 2.23. The molecule has 0 aromatic heterocycles. The van der Waals surface area contributed by atoms with E-state index in [0.29, 0.717) is 23.4 Å². The van der Waals surface area contributed by atoms with E-state index in [1.165, 1.54) is 4.90 Å². The van der Waals surface area contributed by atoms with E-state index in [1.807, 2.05) is 13.8 Å². The second-order valence-electron chi connectivity index (χ2n) is 4.29. The number of anilines is 1. The number of hydrogen-bond acceptors (Lipinski definition) is 4. The first kappa shape index (κ1) is 12.6. The minimum Gasteiger partial charge on any atom is -0.399 e. The van der Waals surface area contributed by atoms with Crippen molar-refractivity contribution in [1.82, 2.24) is 4.90 Å². The smallest absolute Gasteiger partial charge is 0.261 e. The van der Waals surface area contributed by atoms with Crippen molar-refractivity contribution in [1.29, 1.82) is 0 Å². The fourth-order valence-corrected chi connectivity index (χ4v) is 2.07. The Labute approximate surface area is 106 Å². The third kappa shape index (κ3) is 2.09. The molecule has 2 rings (SSSR count). The Morgan fingerprint density at radius 2 is 1.94 bits per heavy atom. The van der Waals surface area contributed by atoms with Crippen LogP contribution in [0.2, 0.25) is 0 Å². The van der Waals surface area contributed by atoms with Crippen molar-refractivity contribution in [2.45, 2.75) is 20.0 Å². The van der Waals surface area contributed by atoms with E-state index in [2.05, 4.69) is 0 Å². The van der Waals surface area contributed by atoms with Gasteiger partial charge < -0.3 is 10.5 Å². The van der Waals surface area contributed by atoms with Gasteiger partial charge in [0.05, 0.1) is 23.8 Å². The molecule has 2 N–H and O–H groups in total. The van der Waals surface area contributed by atoms with E-state index in [0.717, 1.165) is 0 Å². The molecule has 0 fully saturated rings. The van der Waals surface area contributed by atoms with Gasteiger partial charge in [-0.3, -0.25) is 14.5 Å². The van der Waals surface area contributed by atoms with Gasteiger partial charge in [0.25, 0.3) is 11.8 Å². The van der Waals surface area contributed by atoms with Crippen LogP contribution in [0.1, 0.15) is 34.6 Å². The van der Waals surface area contributed by atoms with Gasteiger partial charge >= 0.3 is 0 Å². The summed E-state index contributed by atoms with van der Waals surface area (Å²) in [7, 11) is 0. The highest BCUT2D eigenvalue weighted by atomic mass is 16.5. The predicted octanol–water partition coefficient (Wildman–Crippen LogP) is 1.29. The molecule has 5 nitrogen and oxygen atoms in total. The minimum absolute atomic E-state index is 0.172. The summed E-state index contributed by atoms with van der Waals surface area (Å²) in [5, 5.41) is 0. The van der Waals surface area contributed by atoms with E-state index >= 15 is 0 Å². The van der Waals surface area contributed by atoms with Crippen molar-refractivity contribution >= 4 is 17.5 Å². The Bertz CT molecular complexity index is 499. The highest BCUT2D eigenvalue weighted by Gasteiger charge is 2.36. The summed E-state index contributed by atoms with van der Waals surface area (Å²) in [5.41, 5.74) is 6.90. The van der Waals surface area contributed by atoms with Crippen LogP contribution in [0.4, 0.5) is 5.69 Å². The van der Waals surface area contributed by atoms with Crippen LogP contribution in [-0.2, 0) is 4.74 Å². The summed E-state index contributed by atoms with van der Waals surface area (Å²) in [5.74, 6) is -0.574. The topological polar surface area (TPSA) is 72.6 Å². The number of imide groups is 1. The molecule has 0 saturated carbocycles. The first-order chi connectivity index (χ1) is 8.54. The molecule has 0 radical (unpaired) electrons. The lowest BCUT2D eigenvalue weighted by Crippen LogP contribution is -2.36. The van der Waals surface area contributed by atoms with Gasteiger partial charge in [-0.05, 0) is 32.0 Å². The Kier molecular flexibility index (Phi) is 3.34. The summed E-state index contributed by atoms with van der Waals surface area (Å²) < 4.78 is 5.35. The molecule has 0 spiro atoms. The van der Waals surface area contributed by atoms with E-state index in [9.17, 15) is 9.59 Å². The quantitative estimate of drug-likeness (QED) is 0.643. The van der Waals surface area contributed by atoms with E-state index < -0.39 is 0 Å². The number of amides is 2. The summed E-state index contributed by atoms with van der Waals surface area (Å²) in [4.78, 5) is 25.4. The lowest BCUT2D eigenvalue weighted by Gasteiger charge is -2.18. The summed E-state index contributed by atoms with van der Waals surface area (Å²) >= 11 is 0. The monoisotopic (exact) mass is 248 g/mol. The second-order valence-corrected chi connectivity index (χ2v) is 4.29. The summed E-state index contributed by atoms with van der Waals surface area (Å²) in [6, 6.07) is 4.76. The van der Waals surface area contributed by atoms with Crippen LogP contribution in [0.5, 0.6) is 0 Å². The van der Waals surface area contributed by atoms with Crippen molar-refractivity contribution in [3.05, 3.63) is 29.3 Å². The summed E-state index contributed by atoms with van der Waals surface area (Å²) in [6.45, 7) is 4.53. The second kappa shape index (κ2) is 4.78. The number of rotatable bonds is 4. The molecule has 1 aliphatic rings. The third-order valence-electron chi connectivity index (χ3n) is 2.89. The molecule has 0 bridgehead atoms. The zero-order valence-electron chi connectivity index (χ0n) is 10.5. The van der Waals surface area contributed by atoms with Crippen molar-refractivity contribution in [2.75, 3.05) is 18.9 Å². The van der Waals surface area contributed by atoms with E-state index in [1.54, 1.807) is 18.2 Å². The number of fused-ring (bicyclic) bond motifs is 1. The van der Waals surface area contributed by atoms with Crippen LogP contribution >= 0.6 is 0 Å². The fourth-order valence-electron chi connectivity index (χ4n) is 2.07. The van der Waals surface area contributed by atoms with Crippen molar-refractivity contribution in [3.63, 3.8) is 0 Å². The van der Waals surface area contributed by atoms with Crippen LogP contribution < -0.4 is 5.73 Å². The van der Waals surface area contributed by atoms with Gasteiger partial charge in [0.2, 0.25) is 0 Å². The van der Waals surface area contributed by atoms with Gasteiger partial charge in [-0.15, -0.1) is 0 Å². The van der Waals surface area contributed by atoms with Gasteiger partial charge in [-0.2, -0.15) is 0 Å². The number of carbonyl (C=O) groups excluding carboxylic acids is 2. The molecule has 1 aromatic rings. The molecule has 96 valence electrons. The Morgan fingerprint density at radius 1 is 1.28 bits per heavy atom. The Morgan fingerprint density at radius 3 is 2.61 bits per heavy atom. The number of nitrogens with zero attached hydrogens (tertiary/aromatic N) is 1. The molecular weight excluding hydrogens is 232 g/mol. The highest BCUT2D eigenvalue weighted by molar-refractivity contribution is 6.21. The molecule has 2 amide bonds. The number of nitrogen functional groups attached to an aromatic ring is 1. The average molecular weight is 248 g/mol. The average Bonchev–Trinajstić information content (AvgIpc) is 2.55. The number of benzene rings is 1. The zero-order chi connectivity index (χ0) is 13.3. The molecular formula is C13H16N2O3. The maximum atomic E-state index is 12.1. The lowest BCUT2D eigenvalue weighted by atomic mass is 10.1. The molecule has 5 heteroatoms. The molecule has 18 heavy (non-hydrogen) atoms.